The van der Waals surface area contributed by atoms with Crippen LogP contribution in [0.5, 0.6) is 0 Å². The van der Waals surface area contributed by atoms with Crippen LogP contribution in [-0.4, -0.2) is 10.9 Å². The van der Waals surface area contributed by atoms with Gasteiger partial charge in [-0.25, -0.2) is 0 Å². The molecule has 0 aliphatic carbocycles. The van der Waals surface area contributed by atoms with Gasteiger partial charge >= 0.3 is 0 Å². The van der Waals surface area contributed by atoms with Gasteiger partial charge in [0, 0.05) is 22.7 Å². The standard InChI is InChI=1S/C5H8N2S2/c6-3-8-2-5-1-7-4-9-5/h1,4H,2-3,6H2. The lowest BCUT2D eigenvalue weighted by molar-refractivity contribution is 1.35. The number of rotatable bonds is 3. The minimum atomic E-state index is 0.692. The summed E-state index contributed by atoms with van der Waals surface area (Å²) in [5, 5.41) is 0. The summed E-state index contributed by atoms with van der Waals surface area (Å²) in [7, 11) is 0. The van der Waals surface area contributed by atoms with Crippen molar-refractivity contribution in [3.8, 4) is 0 Å². The van der Waals surface area contributed by atoms with E-state index in [1.165, 1.54) is 4.88 Å². The fourth-order valence-electron chi connectivity index (χ4n) is 0.473. The van der Waals surface area contributed by atoms with Crippen molar-refractivity contribution < 1.29 is 0 Å². The van der Waals surface area contributed by atoms with Crippen molar-refractivity contribution in [2.45, 2.75) is 5.75 Å². The molecule has 4 heteroatoms. The molecule has 1 rings (SSSR count). The Morgan fingerprint density at radius 1 is 1.78 bits per heavy atom. The maximum Gasteiger partial charge on any atom is 0.0794 e. The fourth-order valence-corrected chi connectivity index (χ4v) is 1.77. The quantitative estimate of drug-likeness (QED) is 0.677. The molecule has 1 heterocycles. The van der Waals surface area contributed by atoms with Crippen LogP contribution in [0.2, 0.25) is 0 Å². The molecule has 0 aliphatic heterocycles. The summed E-state index contributed by atoms with van der Waals surface area (Å²) in [4.78, 5) is 5.24. The van der Waals surface area contributed by atoms with Crippen LogP contribution >= 0.6 is 23.1 Å². The summed E-state index contributed by atoms with van der Waals surface area (Å²) >= 11 is 3.39. The average molecular weight is 160 g/mol. The first-order chi connectivity index (χ1) is 4.43. The van der Waals surface area contributed by atoms with Crippen molar-refractivity contribution in [1.29, 1.82) is 0 Å². The fraction of sp³-hybridized carbons (Fsp3) is 0.400. The van der Waals surface area contributed by atoms with Crippen LogP contribution in [0.25, 0.3) is 0 Å². The third-order valence-corrected chi connectivity index (χ3v) is 2.56. The lowest BCUT2D eigenvalue weighted by atomic mass is 10.6. The second-order valence-corrected chi connectivity index (χ2v) is 3.48. The first kappa shape index (κ1) is 7.05. The summed E-state index contributed by atoms with van der Waals surface area (Å²) in [5.74, 6) is 1.69. The van der Waals surface area contributed by atoms with Crippen molar-refractivity contribution >= 4 is 23.1 Å². The van der Waals surface area contributed by atoms with Crippen molar-refractivity contribution in [1.82, 2.24) is 4.98 Å². The Labute approximate surface area is 62.5 Å². The molecule has 0 fully saturated rings. The van der Waals surface area contributed by atoms with Crippen LogP contribution in [-0.2, 0) is 5.75 Å². The molecule has 0 spiro atoms. The molecule has 0 amide bonds. The number of hydrogen-bond donors (Lipinski definition) is 1. The van der Waals surface area contributed by atoms with Crippen molar-refractivity contribution in [2.24, 2.45) is 5.73 Å². The Bertz CT molecular complexity index is 150. The van der Waals surface area contributed by atoms with E-state index in [9.17, 15) is 0 Å². The number of nitrogens with two attached hydrogens (primary N) is 1. The van der Waals surface area contributed by atoms with Crippen LogP contribution in [0, 0.1) is 0 Å². The van der Waals surface area contributed by atoms with E-state index in [1.54, 1.807) is 23.1 Å². The van der Waals surface area contributed by atoms with E-state index >= 15 is 0 Å². The van der Waals surface area contributed by atoms with E-state index in [4.69, 9.17) is 5.73 Å². The summed E-state index contributed by atoms with van der Waals surface area (Å²) in [6.45, 7) is 0. The highest BCUT2D eigenvalue weighted by Gasteiger charge is 1.91. The molecule has 0 radical (unpaired) electrons. The minimum Gasteiger partial charge on any atom is -0.322 e. The van der Waals surface area contributed by atoms with Gasteiger partial charge < -0.3 is 5.73 Å². The summed E-state index contributed by atoms with van der Waals surface area (Å²) in [5.41, 5.74) is 7.13. The zero-order valence-corrected chi connectivity index (χ0v) is 6.54. The van der Waals surface area contributed by atoms with Crippen LogP contribution in [0.4, 0.5) is 0 Å². The predicted molar refractivity (Wildman–Crippen MR) is 42.5 cm³/mol. The zero-order valence-electron chi connectivity index (χ0n) is 4.91. The highest BCUT2D eigenvalue weighted by atomic mass is 32.2. The van der Waals surface area contributed by atoms with Crippen molar-refractivity contribution in [3.63, 3.8) is 0 Å². The molecule has 0 atom stereocenters. The second kappa shape index (κ2) is 3.87. The average Bonchev–Trinajstić information content (AvgIpc) is 2.34. The van der Waals surface area contributed by atoms with Crippen LogP contribution < -0.4 is 5.73 Å². The molecule has 0 saturated heterocycles. The molecule has 2 nitrogen and oxygen atoms in total. The molecule has 0 aromatic carbocycles. The monoisotopic (exact) mass is 160 g/mol. The Hall–Kier alpha value is -0.0600. The lowest BCUT2D eigenvalue weighted by Gasteiger charge is -1.90. The molecule has 1 aromatic heterocycles. The molecule has 0 saturated carbocycles. The third-order valence-electron chi connectivity index (χ3n) is 0.846. The molecule has 0 aliphatic rings. The third kappa shape index (κ3) is 2.34. The van der Waals surface area contributed by atoms with Gasteiger partial charge in [0.25, 0.3) is 0 Å². The topological polar surface area (TPSA) is 38.9 Å². The number of hydrogen-bond acceptors (Lipinski definition) is 4. The van der Waals surface area contributed by atoms with E-state index in [0.29, 0.717) is 5.88 Å². The Morgan fingerprint density at radius 3 is 3.22 bits per heavy atom. The van der Waals surface area contributed by atoms with Gasteiger partial charge in [0.15, 0.2) is 0 Å². The van der Waals surface area contributed by atoms with E-state index in [0.717, 1.165) is 5.75 Å². The van der Waals surface area contributed by atoms with E-state index in [2.05, 4.69) is 4.98 Å². The van der Waals surface area contributed by atoms with E-state index in [1.807, 2.05) is 11.7 Å². The van der Waals surface area contributed by atoms with E-state index in [-0.39, 0.29) is 0 Å². The zero-order chi connectivity index (χ0) is 6.53. The highest BCUT2D eigenvalue weighted by Crippen LogP contribution is 2.13. The van der Waals surface area contributed by atoms with Gasteiger partial charge in [-0.05, 0) is 0 Å². The second-order valence-electron chi connectivity index (χ2n) is 1.48. The summed E-state index contributed by atoms with van der Waals surface area (Å²) in [6.07, 6.45) is 1.88. The maximum absolute atomic E-state index is 5.29. The SMILES string of the molecule is NCSCc1cncs1. The molecule has 9 heavy (non-hydrogen) atoms. The predicted octanol–water partition coefficient (Wildman–Crippen LogP) is 1.29. The summed E-state index contributed by atoms with van der Waals surface area (Å²) in [6, 6.07) is 0. The number of thioether (sulfide) groups is 1. The van der Waals surface area contributed by atoms with Crippen LogP contribution in [0.15, 0.2) is 11.7 Å². The lowest BCUT2D eigenvalue weighted by Crippen LogP contribution is -1.91. The van der Waals surface area contributed by atoms with Gasteiger partial charge in [0.05, 0.1) is 5.51 Å². The van der Waals surface area contributed by atoms with Crippen molar-refractivity contribution in [2.75, 3.05) is 5.88 Å². The largest absolute Gasteiger partial charge is 0.322 e. The van der Waals surface area contributed by atoms with Gasteiger partial charge in [-0.15, -0.1) is 23.1 Å². The minimum absolute atomic E-state index is 0.692. The normalized spacial score (nSPS) is 9.89. The first-order valence-corrected chi connectivity index (χ1v) is 4.62. The number of aromatic nitrogens is 1. The molecular weight excluding hydrogens is 152 g/mol. The Kier molecular flexibility index (Phi) is 3.03. The van der Waals surface area contributed by atoms with Crippen LogP contribution in [0.1, 0.15) is 4.88 Å². The van der Waals surface area contributed by atoms with Gasteiger partial charge in [-0.3, -0.25) is 4.98 Å². The molecule has 1 aromatic rings. The molecule has 2 N–H and O–H groups in total. The maximum atomic E-state index is 5.29. The van der Waals surface area contributed by atoms with E-state index < -0.39 is 0 Å². The molecular formula is C5H8N2S2. The summed E-state index contributed by atoms with van der Waals surface area (Å²) < 4.78 is 0. The van der Waals surface area contributed by atoms with Gasteiger partial charge in [0.2, 0.25) is 0 Å². The Balaban J connectivity index is 2.30. The first-order valence-electron chi connectivity index (χ1n) is 2.58. The van der Waals surface area contributed by atoms with Crippen LogP contribution in [0.3, 0.4) is 0 Å². The molecule has 0 unspecified atom stereocenters. The highest BCUT2D eigenvalue weighted by molar-refractivity contribution is 7.98. The molecule has 0 bridgehead atoms. The van der Waals surface area contributed by atoms with Crippen molar-refractivity contribution in [3.05, 3.63) is 16.6 Å². The van der Waals surface area contributed by atoms with Gasteiger partial charge in [0.1, 0.15) is 0 Å². The van der Waals surface area contributed by atoms with Gasteiger partial charge in [-0.2, -0.15) is 0 Å². The Morgan fingerprint density at radius 2 is 2.67 bits per heavy atom. The number of thiazole rings is 1. The smallest absolute Gasteiger partial charge is 0.0794 e. The number of nitrogens with zero attached hydrogens (tertiary/aromatic N) is 1. The van der Waals surface area contributed by atoms with Gasteiger partial charge in [-0.1, -0.05) is 0 Å². The molecule has 50 valence electrons.